The molecule has 2 aromatic heterocycles. The molecule has 2 fully saturated rings. The maximum atomic E-state index is 2.42. The van der Waals surface area contributed by atoms with Gasteiger partial charge in [0.2, 0.25) is 0 Å². The fraction of sp³-hybridized carbons (Fsp3) is 0.545. The first-order chi connectivity index (χ1) is 11.9. The Morgan fingerprint density at radius 2 is 0.833 bits per heavy atom. The van der Waals surface area contributed by atoms with Crippen LogP contribution < -0.4 is 9.13 Å². The molecule has 0 unspecified atom stereocenters. The maximum absolute atomic E-state index is 2.42. The zero-order chi connectivity index (χ0) is 16.2. The first-order valence-electron chi connectivity index (χ1n) is 9.92. The molecule has 0 amide bonds. The monoisotopic (exact) mass is 322 g/mol. The molecule has 0 atom stereocenters. The van der Waals surface area contributed by atoms with Crippen LogP contribution in [0.5, 0.6) is 0 Å². The van der Waals surface area contributed by atoms with Crippen molar-refractivity contribution in [1.29, 1.82) is 0 Å². The van der Waals surface area contributed by atoms with E-state index in [-0.39, 0.29) is 0 Å². The van der Waals surface area contributed by atoms with E-state index in [4.69, 9.17) is 0 Å². The van der Waals surface area contributed by atoms with E-state index in [2.05, 4.69) is 58.2 Å². The van der Waals surface area contributed by atoms with Gasteiger partial charge in [0.05, 0.1) is 0 Å². The van der Waals surface area contributed by atoms with Gasteiger partial charge in [-0.05, 0) is 36.8 Å². The lowest BCUT2D eigenvalue weighted by Gasteiger charge is -2.17. The standard InChI is InChI=1S/C22H30N2/c1-3-7-21(8-4-1)23-15-11-19(12-16-23)20-13-17-24(18-14-20)22-9-5-2-6-10-22/h11-18,21-22H,1-10H2/q+2. The van der Waals surface area contributed by atoms with Crippen LogP contribution in [-0.2, 0) is 0 Å². The Morgan fingerprint density at radius 1 is 0.500 bits per heavy atom. The molecular formula is C22H30N2+2. The lowest BCUT2D eigenvalue weighted by Crippen LogP contribution is -2.40. The van der Waals surface area contributed by atoms with E-state index in [0.717, 1.165) is 12.1 Å². The highest BCUT2D eigenvalue weighted by Crippen LogP contribution is 2.25. The molecule has 2 saturated carbocycles. The first kappa shape index (κ1) is 15.8. The predicted molar refractivity (Wildman–Crippen MR) is 96.5 cm³/mol. The predicted octanol–water partition coefficient (Wildman–Crippen LogP) is 4.94. The second-order valence-corrected chi connectivity index (χ2v) is 7.65. The Balaban J connectivity index is 1.47. The van der Waals surface area contributed by atoms with Gasteiger partial charge in [0.15, 0.2) is 36.9 Å². The van der Waals surface area contributed by atoms with Gasteiger partial charge in [0, 0.05) is 49.9 Å². The van der Waals surface area contributed by atoms with Crippen molar-refractivity contribution >= 4 is 0 Å². The highest BCUT2D eigenvalue weighted by atomic mass is 15.0. The molecule has 0 bridgehead atoms. The van der Waals surface area contributed by atoms with Crippen molar-refractivity contribution in [2.45, 2.75) is 76.3 Å². The summed E-state index contributed by atoms with van der Waals surface area (Å²) in [6.45, 7) is 0. The maximum Gasteiger partial charge on any atom is 0.169 e. The fourth-order valence-corrected chi connectivity index (χ4v) is 4.51. The number of pyridine rings is 2. The Morgan fingerprint density at radius 3 is 1.17 bits per heavy atom. The minimum absolute atomic E-state index is 0.719. The summed E-state index contributed by atoms with van der Waals surface area (Å²) < 4.78 is 4.85. The average Bonchev–Trinajstić information content (AvgIpc) is 2.70. The van der Waals surface area contributed by atoms with Crippen LogP contribution in [0.4, 0.5) is 0 Å². The Labute approximate surface area is 146 Å². The normalized spacial score (nSPS) is 20.2. The molecule has 0 saturated heterocycles. The summed E-state index contributed by atoms with van der Waals surface area (Å²) in [4.78, 5) is 0. The number of nitrogens with zero attached hydrogens (tertiary/aromatic N) is 2. The summed E-state index contributed by atoms with van der Waals surface area (Å²) in [5.74, 6) is 0. The smallest absolute Gasteiger partial charge is 0.169 e. The van der Waals surface area contributed by atoms with E-state index in [9.17, 15) is 0 Å². The lowest BCUT2D eigenvalue weighted by molar-refractivity contribution is -0.726. The quantitative estimate of drug-likeness (QED) is 0.707. The molecule has 0 aromatic carbocycles. The topological polar surface area (TPSA) is 7.76 Å². The molecule has 0 spiro atoms. The van der Waals surface area contributed by atoms with E-state index >= 15 is 0 Å². The second kappa shape index (κ2) is 7.46. The van der Waals surface area contributed by atoms with Gasteiger partial charge >= 0.3 is 0 Å². The third-order valence-corrected chi connectivity index (χ3v) is 6.03. The largest absolute Gasteiger partial charge is 0.202 e. The summed E-state index contributed by atoms with van der Waals surface area (Å²) in [6, 6.07) is 10.6. The van der Waals surface area contributed by atoms with Crippen molar-refractivity contribution in [1.82, 2.24) is 0 Å². The summed E-state index contributed by atoms with van der Waals surface area (Å²) in [5, 5.41) is 0. The Hall–Kier alpha value is -1.70. The van der Waals surface area contributed by atoms with E-state index in [1.807, 2.05) is 0 Å². The molecule has 2 aromatic rings. The Kier molecular flexibility index (Phi) is 4.91. The van der Waals surface area contributed by atoms with Gasteiger partial charge in [-0.15, -0.1) is 0 Å². The van der Waals surface area contributed by atoms with Gasteiger partial charge in [0.25, 0.3) is 0 Å². The lowest BCUT2D eigenvalue weighted by atomic mass is 9.95. The van der Waals surface area contributed by atoms with Gasteiger partial charge in [-0.25, -0.2) is 9.13 Å². The summed E-state index contributed by atoms with van der Waals surface area (Å²) in [7, 11) is 0. The minimum atomic E-state index is 0.719. The summed E-state index contributed by atoms with van der Waals surface area (Å²) >= 11 is 0. The van der Waals surface area contributed by atoms with Crippen LogP contribution in [0.15, 0.2) is 49.1 Å². The van der Waals surface area contributed by atoms with E-state index in [0.29, 0.717) is 0 Å². The van der Waals surface area contributed by atoms with Gasteiger partial charge in [0.1, 0.15) is 0 Å². The summed E-state index contributed by atoms with van der Waals surface area (Å²) in [5.41, 5.74) is 2.66. The van der Waals surface area contributed by atoms with Gasteiger partial charge < -0.3 is 0 Å². The van der Waals surface area contributed by atoms with Gasteiger partial charge in [-0.1, -0.05) is 12.8 Å². The third-order valence-electron chi connectivity index (χ3n) is 6.03. The molecule has 2 nitrogen and oxygen atoms in total. The zero-order valence-corrected chi connectivity index (χ0v) is 14.7. The summed E-state index contributed by atoms with van der Waals surface area (Å²) in [6.07, 6.45) is 22.9. The molecule has 24 heavy (non-hydrogen) atoms. The van der Waals surface area contributed by atoms with Crippen molar-refractivity contribution in [3.8, 4) is 11.1 Å². The highest BCUT2D eigenvalue weighted by Gasteiger charge is 2.22. The molecule has 0 aliphatic heterocycles. The molecule has 2 aliphatic carbocycles. The number of hydrogen-bond donors (Lipinski definition) is 0. The molecule has 2 heteroatoms. The average molecular weight is 322 g/mol. The van der Waals surface area contributed by atoms with Crippen LogP contribution in [0.2, 0.25) is 0 Å². The number of rotatable bonds is 3. The van der Waals surface area contributed by atoms with Crippen molar-refractivity contribution in [2.24, 2.45) is 0 Å². The van der Waals surface area contributed by atoms with E-state index in [1.54, 1.807) is 0 Å². The van der Waals surface area contributed by atoms with E-state index < -0.39 is 0 Å². The zero-order valence-electron chi connectivity index (χ0n) is 14.7. The first-order valence-corrected chi connectivity index (χ1v) is 9.92. The fourth-order valence-electron chi connectivity index (χ4n) is 4.51. The second-order valence-electron chi connectivity index (χ2n) is 7.65. The number of hydrogen-bond acceptors (Lipinski definition) is 0. The van der Waals surface area contributed by atoms with Crippen molar-refractivity contribution in [3.63, 3.8) is 0 Å². The molecule has 2 aliphatic rings. The van der Waals surface area contributed by atoms with Crippen LogP contribution in [0, 0.1) is 0 Å². The van der Waals surface area contributed by atoms with E-state index in [1.165, 1.54) is 75.3 Å². The van der Waals surface area contributed by atoms with Gasteiger partial charge in [-0.3, -0.25) is 0 Å². The van der Waals surface area contributed by atoms with Crippen LogP contribution >= 0.6 is 0 Å². The van der Waals surface area contributed by atoms with Crippen LogP contribution in [-0.4, -0.2) is 0 Å². The van der Waals surface area contributed by atoms with Crippen molar-refractivity contribution in [3.05, 3.63) is 49.1 Å². The van der Waals surface area contributed by atoms with Crippen LogP contribution in [0.1, 0.15) is 76.3 Å². The Bertz CT molecular complexity index is 573. The molecular weight excluding hydrogens is 292 g/mol. The SMILES string of the molecule is c1c[n+](C2CCCCC2)ccc1-c1cc[n+](C2CCCCC2)cc1. The molecule has 4 rings (SSSR count). The minimum Gasteiger partial charge on any atom is -0.202 e. The van der Waals surface area contributed by atoms with Crippen molar-refractivity contribution in [2.75, 3.05) is 0 Å². The molecule has 0 radical (unpaired) electrons. The van der Waals surface area contributed by atoms with Crippen LogP contribution in [0.3, 0.4) is 0 Å². The van der Waals surface area contributed by atoms with Gasteiger partial charge in [-0.2, -0.15) is 0 Å². The van der Waals surface area contributed by atoms with Crippen LogP contribution in [0.25, 0.3) is 11.1 Å². The third kappa shape index (κ3) is 3.53. The number of aromatic nitrogens is 2. The molecule has 126 valence electrons. The van der Waals surface area contributed by atoms with Crippen molar-refractivity contribution < 1.29 is 9.13 Å². The molecule has 0 N–H and O–H groups in total. The molecule has 2 heterocycles. The highest BCUT2D eigenvalue weighted by molar-refractivity contribution is 5.60.